The number of hydrogen-bond acceptors (Lipinski definition) is 4. The molecule has 0 bridgehead atoms. The van der Waals surface area contributed by atoms with Gasteiger partial charge < -0.3 is 4.74 Å². The van der Waals surface area contributed by atoms with Crippen molar-refractivity contribution in [1.82, 2.24) is 14.8 Å². The van der Waals surface area contributed by atoms with Gasteiger partial charge in [0.2, 0.25) is 0 Å². The summed E-state index contributed by atoms with van der Waals surface area (Å²) in [7, 11) is 1.63. The predicted octanol–water partition coefficient (Wildman–Crippen LogP) is 3.72. The number of hydrogen-bond donors (Lipinski definition) is 0. The quantitative estimate of drug-likeness (QED) is 0.803. The summed E-state index contributed by atoms with van der Waals surface area (Å²) in [5.41, 5.74) is 2.41. The van der Waals surface area contributed by atoms with E-state index in [0.717, 1.165) is 44.0 Å². The Morgan fingerprint density at radius 1 is 1.04 bits per heavy atom. The molecule has 2 saturated heterocycles. The lowest BCUT2D eigenvalue weighted by atomic mass is 9.79. The van der Waals surface area contributed by atoms with Crippen LogP contribution in [0.5, 0.6) is 5.75 Å². The average Bonchev–Trinajstić information content (AvgIpc) is 3.06. The molecular weight excluding hydrogens is 341 g/mol. The van der Waals surface area contributed by atoms with Gasteiger partial charge in [-0.3, -0.25) is 14.8 Å². The fourth-order valence-electron chi connectivity index (χ4n) is 4.73. The highest BCUT2D eigenvalue weighted by Gasteiger charge is 2.41. The summed E-state index contributed by atoms with van der Waals surface area (Å²) in [6, 6.07) is 9.23. The van der Waals surface area contributed by atoms with Crippen LogP contribution in [0.15, 0.2) is 42.7 Å². The van der Waals surface area contributed by atoms with Crippen LogP contribution in [0.1, 0.15) is 30.4 Å². The summed E-state index contributed by atoms with van der Waals surface area (Å²) < 4.78 is 19.5. The number of piperidine rings is 1. The number of methoxy groups -OCH3 is 1. The lowest BCUT2D eigenvalue weighted by Gasteiger charge is -2.40. The van der Waals surface area contributed by atoms with Crippen molar-refractivity contribution in [2.45, 2.75) is 32.4 Å². The van der Waals surface area contributed by atoms with Crippen LogP contribution in [0, 0.1) is 11.2 Å². The van der Waals surface area contributed by atoms with Gasteiger partial charge >= 0.3 is 0 Å². The zero-order valence-electron chi connectivity index (χ0n) is 16.0. The first-order chi connectivity index (χ1) is 13.2. The van der Waals surface area contributed by atoms with Crippen molar-refractivity contribution in [2.75, 3.05) is 33.3 Å². The molecule has 4 nitrogen and oxygen atoms in total. The number of ether oxygens (including phenoxy) is 1. The summed E-state index contributed by atoms with van der Waals surface area (Å²) in [4.78, 5) is 9.10. The molecule has 27 heavy (non-hydrogen) atoms. The van der Waals surface area contributed by atoms with Crippen LogP contribution >= 0.6 is 0 Å². The van der Waals surface area contributed by atoms with Crippen LogP contribution in [0.2, 0.25) is 0 Å². The largest absolute Gasteiger partial charge is 0.497 e. The first-order valence-corrected chi connectivity index (χ1v) is 9.82. The fraction of sp³-hybridized carbons (Fsp3) is 0.500. The van der Waals surface area contributed by atoms with Crippen molar-refractivity contribution in [2.24, 2.45) is 5.41 Å². The van der Waals surface area contributed by atoms with E-state index in [1.54, 1.807) is 13.2 Å². The maximum absolute atomic E-state index is 14.2. The molecule has 2 aliphatic heterocycles. The summed E-state index contributed by atoms with van der Waals surface area (Å²) in [5, 5.41) is 0. The van der Waals surface area contributed by atoms with Gasteiger partial charge in [-0.25, -0.2) is 4.39 Å². The Morgan fingerprint density at radius 3 is 2.59 bits per heavy atom. The van der Waals surface area contributed by atoms with Gasteiger partial charge in [0.15, 0.2) is 0 Å². The molecule has 1 aromatic carbocycles. The molecule has 0 radical (unpaired) electrons. The van der Waals surface area contributed by atoms with Gasteiger partial charge in [0.05, 0.1) is 7.11 Å². The standard InChI is InChI=1S/C22H28FN3O/c1-27-20-3-4-21(23)19(13-20)15-25-11-2-7-22(16-25)8-12-26(17-22)14-18-5-9-24-10-6-18/h3-6,9-10,13H,2,7-8,11-12,14-17H2,1H3/t22-/m1/s1. The van der Waals surface area contributed by atoms with E-state index in [2.05, 4.69) is 26.9 Å². The Bertz CT molecular complexity index is 769. The Hall–Kier alpha value is -1.98. The second-order valence-corrected chi connectivity index (χ2v) is 8.09. The van der Waals surface area contributed by atoms with E-state index in [1.165, 1.54) is 30.9 Å². The minimum atomic E-state index is -0.138. The van der Waals surface area contributed by atoms with Gasteiger partial charge in [0.1, 0.15) is 11.6 Å². The molecule has 1 atom stereocenters. The number of likely N-dealkylation sites (tertiary alicyclic amines) is 2. The zero-order chi connectivity index (χ0) is 18.7. The Morgan fingerprint density at radius 2 is 1.81 bits per heavy atom. The highest BCUT2D eigenvalue weighted by Crippen LogP contribution is 2.40. The number of aromatic nitrogens is 1. The van der Waals surface area contributed by atoms with Crippen molar-refractivity contribution >= 4 is 0 Å². The number of rotatable bonds is 5. The molecule has 0 saturated carbocycles. The van der Waals surface area contributed by atoms with Gasteiger partial charge in [-0.1, -0.05) is 0 Å². The third-order valence-corrected chi connectivity index (χ3v) is 6.06. The molecule has 1 aromatic heterocycles. The molecule has 5 heteroatoms. The Labute approximate surface area is 161 Å². The third kappa shape index (κ3) is 4.30. The van der Waals surface area contributed by atoms with Gasteiger partial charge in [0, 0.05) is 44.1 Å². The third-order valence-electron chi connectivity index (χ3n) is 6.06. The molecule has 2 fully saturated rings. The van der Waals surface area contributed by atoms with Crippen molar-refractivity contribution < 1.29 is 9.13 Å². The van der Waals surface area contributed by atoms with Crippen molar-refractivity contribution in [3.63, 3.8) is 0 Å². The molecule has 0 amide bonds. The summed E-state index contributed by atoms with van der Waals surface area (Å²) in [6.45, 7) is 6.03. The molecule has 0 unspecified atom stereocenters. The Kier molecular flexibility index (Phi) is 5.41. The Balaban J connectivity index is 1.39. The number of benzene rings is 1. The monoisotopic (exact) mass is 369 g/mol. The lowest BCUT2D eigenvalue weighted by molar-refractivity contribution is 0.0857. The van der Waals surface area contributed by atoms with E-state index in [4.69, 9.17) is 4.74 Å². The van der Waals surface area contributed by atoms with E-state index >= 15 is 0 Å². The minimum absolute atomic E-state index is 0.138. The van der Waals surface area contributed by atoms with Gasteiger partial charge in [-0.15, -0.1) is 0 Å². The van der Waals surface area contributed by atoms with Crippen LogP contribution in [-0.2, 0) is 13.1 Å². The van der Waals surface area contributed by atoms with Gasteiger partial charge in [-0.05, 0) is 73.7 Å². The summed E-state index contributed by atoms with van der Waals surface area (Å²) in [5.74, 6) is 0.587. The first-order valence-electron chi connectivity index (χ1n) is 9.82. The number of halogens is 1. The van der Waals surface area contributed by atoms with E-state index in [1.807, 2.05) is 18.5 Å². The van der Waals surface area contributed by atoms with Crippen molar-refractivity contribution in [1.29, 1.82) is 0 Å². The van der Waals surface area contributed by atoms with Crippen LogP contribution in [0.3, 0.4) is 0 Å². The van der Waals surface area contributed by atoms with Crippen LogP contribution in [0.25, 0.3) is 0 Å². The molecule has 0 aliphatic carbocycles. The van der Waals surface area contributed by atoms with Gasteiger partial charge in [0.25, 0.3) is 0 Å². The van der Waals surface area contributed by atoms with Crippen molar-refractivity contribution in [3.05, 3.63) is 59.7 Å². The predicted molar refractivity (Wildman–Crippen MR) is 104 cm³/mol. The van der Waals surface area contributed by atoms with Crippen LogP contribution < -0.4 is 4.74 Å². The number of pyridine rings is 1. The molecule has 2 aliphatic rings. The smallest absolute Gasteiger partial charge is 0.127 e. The molecule has 1 spiro atoms. The van der Waals surface area contributed by atoms with Crippen molar-refractivity contribution in [3.8, 4) is 5.75 Å². The maximum Gasteiger partial charge on any atom is 0.127 e. The molecule has 3 heterocycles. The summed E-state index contributed by atoms with van der Waals surface area (Å²) >= 11 is 0. The van der Waals surface area contributed by atoms with E-state index in [-0.39, 0.29) is 5.82 Å². The van der Waals surface area contributed by atoms with Gasteiger partial charge in [-0.2, -0.15) is 0 Å². The van der Waals surface area contributed by atoms with E-state index < -0.39 is 0 Å². The average molecular weight is 369 g/mol. The molecular formula is C22H28FN3O. The highest BCUT2D eigenvalue weighted by molar-refractivity contribution is 5.29. The van der Waals surface area contributed by atoms with E-state index in [9.17, 15) is 4.39 Å². The SMILES string of the molecule is COc1ccc(F)c(CN2CCC[C@@]3(CCN(Cc4ccncc4)C3)C2)c1. The topological polar surface area (TPSA) is 28.6 Å². The maximum atomic E-state index is 14.2. The first kappa shape index (κ1) is 18.4. The second-order valence-electron chi connectivity index (χ2n) is 8.09. The fourth-order valence-corrected chi connectivity index (χ4v) is 4.73. The molecule has 144 valence electrons. The molecule has 4 rings (SSSR count). The molecule has 2 aromatic rings. The normalized spacial score (nSPS) is 23.8. The second kappa shape index (κ2) is 7.95. The molecule has 0 N–H and O–H groups in total. The van der Waals surface area contributed by atoms with Crippen LogP contribution in [-0.4, -0.2) is 48.1 Å². The number of nitrogens with zero attached hydrogens (tertiary/aromatic N) is 3. The zero-order valence-corrected chi connectivity index (χ0v) is 16.0. The lowest BCUT2D eigenvalue weighted by Crippen LogP contribution is -2.44. The van der Waals surface area contributed by atoms with Crippen LogP contribution in [0.4, 0.5) is 4.39 Å². The summed E-state index contributed by atoms with van der Waals surface area (Å²) in [6.07, 6.45) is 7.43. The minimum Gasteiger partial charge on any atom is -0.497 e. The highest BCUT2D eigenvalue weighted by atomic mass is 19.1. The van der Waals surface area contributed by atoms with E-state index in [0.29, 0.717) is 12.0 Å².